The van der Waals surface area contributed by atoms with Crippen LogP contribution in [0.2, 0.25) is 0 Å². The van der Waals surface area contributed by atoms with E-state index >= 15 is 0 Å². The van der Waals surface area contributed by atoms with Crippen LogP contribution in [-0.4, -0.2) is 48.8 Å². The second-order valence-electron chi connectivity index (χ2n) is 10.7. The summed E-state index contributed by atoms with van der Waals surface area (Å²) in [5.41, 5.74) is 4.55. The second kappa shape index (κ2) is 28.1. The van der Waals surface area contributed by atoms with Crippen LogP contribution in [0.3, 0.4) is 0 Å². The van der Waals surface area contributed by atoms with Crippen LogP contribution in [0.15, 0.2) is 83.4 Å². The van der Waals surface area contributed by atoms with Crippen LogP contribution in [-0.2, 0) is 14.4 Å². The molecule has 260 valence electrons. The molecular formula is C38H64N4O3S. The van der Waals surface area contributed by atoms with E-state index < -0.39 is 12.2 Å². The summed E-state index contributed by atoms with van der Waals surface area (Å²) in [6.07, 6.45) is 17.0. The lowest BCUT2D eigenvalue weighted by molar-refractivity contribution is -0.132. The van der Waals surface area contributed by atoms with Gasteiger partial charge in [-0.15, -0.1) is 24.9 Å². The van der Waals surface area contributed by atoms with Gasteiger partial charge in [0.25, 0.3) is 0 Å². The molecule has 4 N–H and O–H groups in total. The first-order valence-corrected chi connectivity index (χ1v) is 17.8. The van der Waals surface area contributed by atoms with Crippen molar-refractivity contribution < 1.29 is 14.4 Å². The average molecular weight is 657 g/mol. The minimum Gasteiger partial charge on any atom is -0.344 e. The minimum absolute atomic E-state index is 0.0925. The highest BCUT2D eigenvalue weighted by Gasteiger charge is 2.28. The number of thioether (sulfide) groups is 1. The van der Waals surface area contributed by atoms with Crippen molar-refractivity contribution in [3.05, 3.63) is 83.4 Å². The molecule has 1 heterocycles. The van der Waals surface area contributed by atoms with Gasteiger partial charge in [-0.25, -0.2) is 0 Å². The lowest BCUT2D eigenvalue weighted by Crippen LogP contribution is -2.53. The van der Waals surface area contributed by atoms with E-state index in [1.165, 1.54) is 5.57 Å². The summed E-state index contributed by atoms with van der Waals surface area (Å²) in [6, 6.07) is -0.726. The molecule has 0 radical (unpaired) electrons. The molecule has 2 aliphatic rings. The van der Waals surface area contributed by atoms with Crippen LogP contribution in [0.4, 0.5) is 0 Å². The van der Waals surface area contributed by atoms with Crippen molar-refractivity contribution in [1.29, 1.82) is 0 Å². The van der Waals surface area contributed by atoms with E-state index in [4.69, 9.17) is 0 Å². The fourth-order valence-electron chi connectivity index (χ4n) is 4.30. The average Bonchev–Trinajstić information content (AvgIpc) is 3.31. The smallest absolute Gasteiger partial charge is 0.244 e. The summed E-state index contributed by atoms with van der Waals surface area (Å²) in [6.45, 7) is 29.2. The van der Waals surface area contributed by atoms with Crippen molar-refractivity contribution >= 4 is 30.0 Å². The Morgan fingerprint density at radius 2 is 1.63 bits per heavy atom. The SMILES string of the molecule is C/C=C(/CC(NC(=O)C1CCNCC1)C(=O)N[C@H](C)NC=O)C1=C(C)C=CCC=C1.C=CC(C)S/C=C(/C)C(C)C=C.CC.CC. The van der Waals surface area contributed by atoms with Gasteiger partial charge in [-0.05, 0) is 95.0 Å². The highest BCUT2D eigenvalue weighted by Crippen LogP contribution is 2.25. The van der Waals surface area contributed by atoms with Gasteiger partial charge in [0.15, 0.2) is 0 Å². The molecule has 0 saturated carbocycles. The van der Waals surface area contributed by atoms with Crippen LogP contribution < -0.4 is 21.3 Å². The van der Waals surface area contributed by atoms with Gasteiger partial charge in [-0.2, -0.15) is 0 Å². The zero-order valence-electron chi connectivity index (χ0n) is 30.4. The Bertz CT molecular complexity index is 1070. The molecule has 8 heteroatoms. The molecule has 1 fully saturated rings. The van der Waals surface area contributed by atoms with E-state index in [1.807, 2.05) is 59.8 Å². The van der Waals surface area contributed by atoms with E-state index in [0.717, 1.165) is 49.1 Å². The van der Waals surface area contributed by atoms with Crippen LogP contribution in [0.25, 0.3) is 0 Å². The number of piperidine rings is 1. The van der Waals surface area contributed by atoms with E-state index in [0.29, 0.717) is 24.0 Å². The van der Waals surface area contributed by atoms with Crippen molar-refractivity contribution in [2.75, 3.05) is 13.1 Å². The Kier molecular flexibility index (Phi) is 27.6. The summed E-state index contributed by atoms with van der Waals surface area (Å²) in [5.74, 6) is -0.0210. The molecule has 4 atom stereocenters. The molecule has 0 aromatic heterocycles. The molecular weight excluding hydrogens is 593 g/mol. The van der Waals surface area contributed by atoms with Gasteiger partial charge in [0, 0.05) is 17.6 Å². The Labute approximate surface area is 285 Å². The first kappa shape index (κ1) is 45.0. The van der Waals surface area contributed by atoms with E-state index in [9.17, 15) is 14.4 Å². The number of hydrogen-bond acceptors (Lipinski definition) is 5. The summed E-state index contributed by atoms with van der Waals surface area (Å²) in [5, 5.41) is 14.2. The summed E-state index contributed by atoms with van der Waals surface area (Å²) in [7, 11) is 0. The minimum atomic E-state index is -0.726. The topological polar surface area (TPSA) is 99.3 Å². The molecule has 46 heavy (non-hydrogen) atoms. The van der Waals surface area contributed by atoms with Crippen LogP contribution in [0.5, 0.6) is 0 Å². The van der Waals surface area contributed by atoms with Crippen LogP contribution >= 0.6 is 11.8 Å². The Balaban J connectivity index is 0. The zero-order valence-corrected chi connectivity index (χ0v) is 31.2. The number of hydrogen-bond donors (Lipinski definition) is 4. The van der Waals surface area contributed by atoms with Gasteiger partial charge in [-0.1, -0.05) is 82.7 Å². The molecule has 7 nitrogen and oxygen atoms in total. The van der Waals surface area contributed by atoms with Crippen molar-refractivity contribution in [3.63, 3.8) is 0 Å². The normalized spacial score (nSPS) is 17.4. The van der Waals surface area contributed by atoms with Gasteiger partial charge in [0.05, 0.1) is 6.17 Å². The van der Waals surface area contributed by atoms with Crippen molar-refractivity contribution in [2.24, 2.45) is 11.8 Å². The van der Waals surface area contributed by atoms with E-state index in [-0.39, 0.29) is 17.7 Å². The number of rotatable bonds is 14. The Morgan fingerprint density at radius 1 is 1.02 bits per heavy atom. The fourth-order valence-corrected chi connectivity index (χ4v) is 5.05. The molecule has 0 spiro atoms. The van der Waals surface area contributed by atoms with Crippen LogP contribution in [0.1, 0.15) is 94.9 Å². The zero-order chi connectivity index (χ0) is 35.5. The largest absolute Gasteiger partial charge is 0.344 e. The number of allylic oxidation sites excluding steroid dienone is 9. The number of carbonyl (C=O) groups excluding carboxylic acids is 3. The van der Waals surface area contributed by atoms with Gasteiger partial charge in [0.1, 0.15) is 6.04 Å². The van der Waals surface area contributed by atoms with Gasteiger partial charge in [-0.3, -0.25) is 14.4 Å². The third-order valence-corrected chi connectivity index (χ3v) is 8.49. The number of carbonyl (C=O) groups is 3. The molecule has 2 rings (SSSR count). The molecule has 0 aromatic rings. The lowest BCUT2D eigenvalue weighted by Gasteiger charge is -2.27. The van der Waals surface area contributed by atoms with Gasteiger partial charge in [0.2, 0.25) is 18.2 Å². The van der Waals surface area contributed by atoms with Crippen molar-refractivity contribution in [1.82, 2.24) is 21.3 Å². The molecule has 1 aliphatic heterocycles. The maximum Gasteiger partial charge on any atom is 0.244 e. The predicted octanol–water partition coefficient (Wildman–Crippen LogP) is 7.92. The highest BCUT2D eigenvalue weighted by atomic mass is 32.2. The third-order valence-electron chi connectivity index (χ3n) is 7.36. The second-order valence-corrected chi connectivity index (χ2v) is 12.0. The Morgan fingerprint density at radius 3 is 2.17 bits per heavy atom. The summed E-state index contributed by atoms with van der Waals surface area (Å²) < 4.78 is 0. The maximum absolute atomic E-state index is 13.0. The predicted molar refractivity (Wildman–Crippen MR) is 201 cm³/mol. The first-order chi connectivity index (χ1) is 22.1. The third kappa shape index (κ3) is 18.8. The molecule has 0 bridgehead atoms. The standard InChI is InChI=1S/C23H34N4O3.C11H18S.2C2H6/c1-4-18(20-9-7-5-6-8-16(20)2)14-21(23(30)26-17(3)25-15-28)27-22(29)19-10-12-24-13-11-19;1-6-9(3)10(4)8-12-11(5)7-2;2*1-2/h4,6-9,15,17,19,21,24H,5,10-14H2,1-3H3,(H,25,28)(H,26,30)(H,27,29);6-9,11H,1-2H2,3-5H3;2*1-2H3/b18-4-;10-8-;;/t17-,21?;;;/m1.../s1. The van der Waals surface area contributed by atoms with Crippen molar-refractivity contribution in [3.8, 4) is 0 Å². The van der Waals surface area contributed by atoms with Gasteiger partial charge < -0.3 is 21.3 Å². The number of amides is 3. The summed E-state index contributed by atoms with van der Waals surface area (Å²) in [4.78, 5) is 36.5. The molecule has 0 aromatic carbocycles. The molecule has 3 unspecified atom stereocenters. The monoisotopic (exact) mass is 656 g/mol. The first-order valence-electron chi connectivity index (χ1n) is 16.9. The van der Waals surface area contributed by atoms with Gasteiger partial charge >= 0.3 is 0 Å². The Hall–Kier alpha value is -3.10. The van der Waals surface area contributed by atoms with E-state index in [2.05, 4.69) is 84.9 Å². The number of nitrogens with one attached hydrogen (secondary N) is 4. The van der Waals surface area contributed by atoms with E-state index in [1.54, 1.807) is 18.7 Å². The van der Waals surface area contributed by atoms with Crippen molar-refractivity contribution in [2.45, 2.75) is 112 Å². The van der Waals surface area contributed by atoms with Crippen LogP contribution in [0, 0.1) is 11.8 Å². The lowest BCUT2D eigenvalue weighted by atomic mass is 9.92. The summed E-state index contributed by atoms with van der Waals surface area (Å²) >= 11 is 1.80. The highest BCUT2D eigenvalue weighted by molar-refractivity contribution is 8.02. The molecule has 3 amide bonds. The molecule has 1 saturated heterocycles. The quantitative estimate of drug-likeness (QED) is 0.0865. The molecule has 1 aliphatic carbocycles. The fraction of sp³-hybridized carbons (Fsp3) is 0.553. The maximum atomic E-state index is 13.0.